The maximum Gasteiger partial charge on any atom is 0.361 e. The summed E-state index contributed by atoms with van der Waals surface area (Å²) in [5.41, 5.74) is 6.74. The Morgan fingerprint density at radius 1 is 1.12 bits per heavy atom. The topological polar surface area (TPSA) is 29.9 Å². The number of nitrogen functional groups attached to an aromatic ring is 1. The van der Waals surface area contributed by atoms with Crippen molar-refractivity contribution < 1.29 is 8.96 Å². The van der Waals surface area contributed by atoms with Crippen LogP contribution < -0.4 is 10.3 Å². The monoisotopic (exact) mass is 271 g/mol. The molecule has 0 saturated carbocycles. The predicted molar refractivity (Wildman–Crippen MR) is 66.6 cm³/mol. The summed E-state index contributed by atoms with van der Waals surface area (Å²) in [5.74, 6) is -0.393. The van der Waals surface area contributed by atoms with Gasteiger partial charge < -0.3 is 5.73 Å². The highest BCUT2D eigenvalue weighted by atomic mass is 35.5. The SMILES string of the molecule is Nc1cc[n+](Cc2ccc(Cl)c(Cl)c2)c(F)c1. The van der Waals surface area contributed by atoms with Crippen molar-refractivity contribution in [3.05, 3.63) is 58.1 Å². The summed E-state index contributed by atoms with van der Waals surface area (Å²) in [6.45, 7) is 0.378. The van der Waals surface area contributed by atoms with E-state index in [1.54, 1.807) is 30.5 Å². The summed E-state index contributed by atoms with van der Waals surface area (Å²) >= 11 is 11.7. The highest BCUT2D eigenvalue weighted by Gasteiger charge is 2.11. The van der Waals surface area contributed by atoms with Gasteiger partial charge in [0.25, 0.3) is 0 Å². The Kier molecular flexibility index (Phi) is 3.50. The molecule has 0 fully saturated rings. The first-order valence-electron chi connectivity index (χ1n) is 4.94. The minimum absolute atomic E-state index is 0.378. The van der Waals surface area contributed by atoms with E-state index in [4.69, 9.17) is 28.9 Å². The number of aromatic nitrogens is 1. The molecule has 0 radical (unpaired) electrons. The Bertz CT molecular complexity index is 558. The smallest absolute Gasteiger partial charge is 0.361 e. The first-order chi connectivity index (χ1) is 8.06. The molecule has 0 aliphatic heterocycles. The van der Waals surface area contributed by atoms with Gasteiger partial charge in [-0.25, -0.2) is 0 Å². The first kappa shape index (κ1) is 12.1. The van der Waals surface area contributed by atoms with E-state index in [1.807, 2.05) is 0 Å². The molecule has 1 heterocycles. The molecular formula is C12H10Cl2FN2+. The third kappa shape index (κ3) is 2.87. The molecule has 2 rings (SSSR count). The fourth-order valence-corrected chi connectivity index (χ4v) is 1.80. The number of pyridine rings is 1. The average molecular weight is 272 g/mol. The summed E-state index contributed by atoms with van der Waals surface area (Å²) in [7, 11) is 0. The molecule has 2 aromatic rings. The molecule has 1 aromatic carbocycles. The lowest BCUT2D eigenvalue weighted by atomic mass is 10.2. The van der Waals surface area contributed by atoms with Crippen molar-refractivity contribution in [1.82, 2.24) is 0 Å². The number of hydrogen-bond donors (Lipinski definition) is 1. The molecule has 1 aromatic heterocycles. The molecule has 0 saturated heterocycles. The summed E-state index contributed by atoms with van der Waals surface area (Å²) in [6.07, 6.45) is 1.59. The standard InChI is InChI=1S/C12H9Cl2FN2/c13-10-2-1-8(5-11(10)14)7-17-4-3-9(16)6-12(17)15/h1-6,16H,7H2/p+1. The predicted octanol–water partition coefficient (Wildman–Crippen LogP) is 3.05. The van der Waals surface area contributed by atoms with Gasteiger partial charge in [-0.3, -0.25) is 0 Å². The number of nitrogens with zero attached hydrogens (tertiary/aromatic N) is 1. The largest absolute Gasteiger partial charge is 0.398 e. The van der Waals surface area contributed by atoms with E-state index in [-0.39, 0.29) is 0 Å². The second kappa shape index (κ2) is 4.90. The number of anilines is 1. The van der Waals surface area contributed by atoms with E-state index >= 15 is 0 Å². The Hall–Kier alpha value is -1.32. The fourth-order valence-electron chi connectivity index (χ4n) is 1.48. The quantitative estimate of drug-likeness (QED) is 0.661. The first-order valence-corrected chi connectivity index (χ1v) is 5.70. The third-order valence-electron chi connectivity index (χ3n) is 2.34. The van der Waals surface area contributed by atoms with Crippen molar-refractivity contribution in [2.45, 2.75) is 6.54 Å². The van der Waals surface area contributed by atoms with Crippen molar-refractivity contribution in [3.8, 4) is 0 Å². The normalized spacial score (nSPS) is 10.5. The lowest BCUT2D eigenvalue weighted by molar-refractivity contribution is -0.715. The Morgan fingerprint density at radius 3 is 2.53 bits per heavy atom. The Balaban J connectivity index is 2.28. The molecule has 5 heteroatoms. The van der Waals surface area contributed by atoms with Crippen LogP contribution in [0.15, 0.2) is 36.5 Å². The van der Waals surface area contributed by atoms with Gasteiger partial charge in [-0.15, -0.1) is 4.39 Å². The zero-order valence-corrected chi connectivity index (χ0v) is 10.3. The molecule has 2 nitrogen and oxygen atoms in total. The van der Waals surface area contributed by atoms with Crippen molar-refractivity contribution in [2.75, 3.05) is 5.73 Å². The zero-order chi connectivity index (χ0) is 12.4. The van der Waals surface area contributed by atoms with Gasteiger partial charge in [-0.05, 0) is 12.1 Å². The van der Waals surface area contributed by atoms with Gasteiger partial charge in [0.15, 0.2) is 12.7 Å². The lowest BCUT2D eigenvalue weighted by Crippen LogP contribution is -2.38. The van der Waals surface area contributed by atoms with Gasteiger partial charge >= 0.3 is 5.95 Å². The van der Waals surface area contributed by atoms with E-state index in [0.717, 1.165) is 5.56 Å². The van der Waals surface area contributed by atoms with Crippen molar-refractivity contribution >= 4 is 28.9 Å². The molecule has 88 valence electrons. The van der Waals surface area contributed by atoms with E-state index in [2.05, 4.69) is 0 Å². The van der Waals surface area contributed by atoms with Crippen molar-refractivity contribution in [2.24, 2.45) is 0 Å². The van der Waals surface area contributed by atoms with E-state index in [0.29, 0.717) is 22.3 Å². The molecule has 2 N–H and O–H groups in total. The van der Waals surface area contributed by atoms with Gasteiger partial charge in [-0.1, -0.05) is 29.3 Å². The van der Waals surface area contributed by atoms with Crippen LogP contribution in [0.2, 0.25) is 10.0 Å². The summed E-state index contributed by atoms with van der Waals surface area (Å²) < 4.78 is 15.0. The van der Waals surface area contributed by atoms with Crippen LogP contribution in [0.25, 0.3) is 0 Å². The highest BCUT2D eigenvalue weighted by molar-refractivity contribution is 6.42. The molecular weight excluding hydrogens is 262 g/mol. The van der Waals surface area contributed by atoms with Crippen LogP contribution >= 0.6 is 23.2 Å². The molecule has 0 aliphatic carbocycles. The van der Waals surface area contributed by atoms with Crippen LogP contribution in [0, 0.1) is 5.95 Å². The average Bonchev–Trinajstić information content (AvgIpc) is 2.27. The maximum atomic E-state index is 13.5. The molecule has 17 heavy (non-hydrogen) atoms. The molecule has 0 amide bonds. The van der Waals surface area contributed by atoms with Crippen molar-refractivity contribution in [1.29, 1.82) is 0 Å². The van der Waals surface area contributed by atoms with Gasteiger partial charge in [0.1, 0.15) is 0 Å². The second-order valence-corrected chi connectivity index (χ2v) is 4.47. The Morgan fingerprint density at radius 2 is 1.88 bits per heavy atom. The van der Waals surface area contributed by atoms with Crippen LogP contribution in [0.5, 0.6) is 0 Å². The Labute approximate surface area is 108 Å². The van der Waals surface area contributed by atoms with Crippen molar-refractivity contribution in [3.63, 3.8) is 0 Å². The van der Waals surface area contributed by atoms with Gasteiger partial charge in [0.05, 0.1) is 16.1 Å². The lowest BCUT2D eigenvalue weighted by Gasteiger charge is -2.01. The summed E-state index contributed by atoms with van der Waals surface area (Å²) in [4.78, 5) is 0. The van der Waals surface area contributed by atoms with Crippen LogP contribution in [0.3, 0.4) is 0 Å². The fraction of sp³-hybridized carbons (Fsp3) is 0.0833. The van der Waals surface area contributed by atoms with Crippen LogP contribution in [-0.4, -0.2) is 0 Å². The number of benzene rings is 1. The zero-order valence-electron chi connectivity index (χ0n) is 8.83. The maximum absolute atomic E-state index is 13.5. The number of rotatable bonds is 2. The number of halogens is 3. The van der Waals surface area contributed by atoms with Gasteiger partial charge in [0.2, 0.25) is 0 Å². The highest BCUT2D eigenvalue weighted by Crippen LogP contribution is 2.22. The summed E-state index contributed by atoms with van der Waals surface area (Å²) in [5, 5.41) is 0.943. The minimum atomic E-state index is -0.393. The molecule has 0 spiro atoms. The second-order valence-electron chi connectivity index (χ2n) is 3.66. The number of hydrogen-bond acceptors (Lipinski definition) is 1. The van der Waals surface area contributed by atoms with Crippen LogP contribution in [0.1, 0.15) is 5.56 Å². The minimum Gasteiger partial charge on any atom is -0.398 e. The van der Waals surface area contributed by atoms with Crippen LogP contribution in [0.4, 0.5) is 10.1 Å². The third-order valence-corrected chi connectivity index (χ3v) is 3.08. The molecule has 0 unspecified atom stereocenters. The molecule has 0 atom stereocenters. The van der Waals surface area contributed by atoms with E-state index in [1.165, 1.54) is 10.6 Å². The molecule has 0 aliphatic rings. The molecule has 0 bridgehead atoms. The van der Waals surface area contributed by atoms with E-state index < -0.39 is 5.95 Å². The van der Waals surface area contributed by atoms with Gasteiger partial charge in [0, 0.05) is 17.3 Å². The van der Waals surface area contributed by atoms with E-state index in [9.17, 15) is 4.39 Å². The van der Waals surface area contributed by atoms with Gasteiger partial charge in [-0.2, -0.15) is 4.57 Å². The van der Waals surface area contributed by atoms with Crippen LogP contribution in [-0.2, 0) is 6.54 Å². The number of nitrogens with two attached hydrogens (primary N) is 1. The summed E-state index contributed by atoms with van der Waals surface area (Å²) in [6, 6.07) is 8.12.